The van der Waals surface area contributed by atoms with Crippen molar-refractivity contribution in [3.63, 3.8) is 0 Å². The van der Waals surface area contributed by atoms with E-state index in [1.165, 1.54) is 12.1 Å². The second-order valence-corrected chi connectivity index (χ2v) is 4.15. The lowest BCUT2D eigenvalue weighted by Gasteiger charge is -2.04. The minimum Gasteiger partial charge on any atom is -0.361 e. The lowest BCUT2D eigenvalue weighted by molar-refractivity contribution is -0.482. The van der Waals surface area contributed by atoms with E-state index in [1.54, 1.807) is 19.2 Å². The highest BCUT2D eigenvalue weighted by Gasteiger charge is 2.18. The van der Waals surface area contributed by atoms with Crippen LogP contribution in [0.15, 0.2) is 24.4 Å². The smallest absolute Gasteiger partial charge is 0.270 e. The summed E-state index contributed by atoms with van der Waals surface area (Å²) in [5.74, 6) is -0.296. The Morgan fingerprint density at radius 3 is 2.67 bits per heavy atom. The van der Waals surface area contributed by atoms with E-state index in [0.717, 1.165) is 11.1 Å². The molecule has 94 valence electrons. The lowest BCUT2D eigenvalue weighted by atomic mass is 10.0. The number of nitrogens with zero attached hydrogens (tertiary/aromatic N) is 2. The number of non-ortho nitro benzene ring substituents is 1. The van der Waals surface area contributed by atoms with E-state index >= 15 is 0 Å². The highest BCUT2D eigenvalue weighted by molar-refractivity contribution is 5.85. The van der Waals surface area contributed by atoms with Gasteiger partial charge in [0.05, 0.1) is 4.92 Å². The van der Waals surface area contributed by atoms with Gasteiger partial charge in [-0.3, -0.25) is 20.2 Å². The third kappa shape index (κ3) is 2.15. The van der Waals surface area contributed by atoms with Crippen molar-refractivity contribution in [1.29, 1.82) is 0 Å². The van der Waals surface area contributed by atoms with Crippen LogP contribution < -0.4 is 0 Å². The standard InChI is InChI=1S/C11H11N3O4/c1-7(6-13(15)16)10-5-12-11-3-2-8(14(17)18)4-9(10)11/h2-5,7,12H,6H2,1H3. The van der Waals surface area contributed by atoms with E-state index in [2.05, 4.69) is 4.98 Å². The van der Waals surface area contributed by atoms with Crippen LogP contribution in [0, 0.1) is 20.2 Å². The summed E-state index contributed by atoms with van der Waals surface area (Å²) in [4.78, 5) is 23.3. The number of nitrogens with one attached hydrogen (secondary N) is 1. The first-order chi connectivity index (χ1) is 8.49. The highest BCUT2D eigenvalue weighted by Crippen LogP contribution is 2.28. The van der Waals surface area contributed by atoms with Gasteiger partial charge < -0.3 is 4.98 Å². The molecule has 1 aromatic carbocycles. The van der Waals surface area contributed by atoms with Gasteiger partial charge in [-0.1, -0.05) is 6.92 Å². The van der Waals surface area contributed by atoms with Crippen LogP contribution >= 0.6 is 0 Å². The molecule has 0 saturated heterocycles. The number of nitro groups is 2. The van der Waals surface area contributed by atoms with Crippen molar-refractivity contribution >= 4 is 16.6 Å². The summed E-state index contributed by atoms with van der Waals surface area (Å²) in [6, 6.07) is 4.45. The number of hydrogen-bond donors (Lipinski definition) is 1. The first-order valence-electron chi connectivity index (χ1n) is 5.36. The quantitative estimate of drug-likeness (QED) is 0.663. The van der Waals surface area contributed by atoms with E-state index in [4.69, 9.17) is 0 Å². The number of H-pyrrole nitrogens is 1. The Labute approximate surface area is 102 Å². The van der Waals surface area contributed by atoms with Crippen molar-refractivity contribution in [2.75, 3.05) is 6.54 Å². The molecule has 0 spiro atoms. The Kier molecular flexibility index (Phi) is 2.97. The predicted molar refractivity (Wildman–Crippen MR) is 65.2 cm³/mol. The molecule has 1 heterocycles. The molecule has 0 radical (unpaired) electrons. The fraction of sp³-hybridized carbons (Fsp3) is 0.273. The van der Waals surface area contributed by atoms with Gasteiger partial charge in [0.25, 0.3) is 5.69 Å². The minimum absolute atomic E-state index is 0.0170. The van der Waals surface area contributed by atoms with Gasteiger partial charge in [0.15, 0.2) is 0 Å². The number of aromatic nitrogens is 1. The summed E-state index contributed by atoms with van der Waals surface area (Å²) in [5, 5.41) is 21.9. The van der Waals surface area contributed by atoms with Crippen molar-refractivity contribution in [2.45, 2.75) is 12.8 Å². The predicted octanol–water partition coefficient (Wildman–Crippen LogP) is 2.46. The molecule has 7 heteroatoms. The van der Waals surface area contributed by atoms with Crippen molar-refractivity contribution in [1.82, 2.24) is 4.98 Å². The van der Waals surface area contributed by atoms with Gasteiger partial charge >= 0.3 is 0 Å². The van der Waals surface area contributed by atoms with Crippen LogP contribution in [0.1, 0.15) is 18.4 Å². The van der Waals surface area contributed by atoms with Gasteiger partial charge in [-0.05, 0) is 11.6 Å². The van der Waals surface area contributed by atoms with E-state index in [9.17, 15) is 20.2 Å². The molecule has 7 nitrogen and oxygen atoms in total. The molecule has 0 bridgehead atoms. The van der Waals surface area contributed by atoms with Crippen molar-refractivity contribution < 1.29 is 9.85 Å². The first kappa shape index (κ1) is 12.0. The maximum absolute atomic E-state index is 10.7. The van der Waals surface area contributed by atoms with Crippen LogP contribution in [0.2, 0.25) is 0 Å². The molecule has 1 aromatic heterocycles. The SMILES string of the molecule is CC(C[N+](=O)[O-])c1c[nH]c2ccc([N+](=O)[O-])cc12. The molecule has 2 rings (SSSR count). The Bertz CT molecular complexity index is 620. The zero-order valence-electron chi connectivity index (χ0n) is 9.62. The molecule has 0 aliphatic rings. The molecule has 0 amide bonds. The Morgan fingerprint density at radius 2 is 2.06 bits per heavy atom. The molecule has 1 N–H and O–H groups in total. The fourth-order valence-electron chi connectivity index (χ4n) is 1.97. The molecule has 0 saturated carbocycles. The summed E-state index contributed by atoms with van der Waals surface area (Å²) in [5.41, 5.74) is 1.45. The summed E-state index contributed by atoms with van der Waals surface area (Å²) in [6.07, 6.45) is 1.67. The molecule has 0 fully saturated rings. The molecular weight excluding hydrogens is 238 g/mol. The number of nitro benzene ring substituents is 1. The summed E-state index contributed by atoms with van der Waals surface area (Å²) >= 11 is 0. The van der Waals surface area contributed by atoms with Crippen LogP contribution in [-0.4, -0.2) is 21.4 Å². The number of rotatable bonds is 4. The zero-order valence-corrected chi connectivity index (χ0v) is 9.62. The minimum atomic E-state index is -0.478. The topological polar surface area (TPSA) is 102 Å². The van der Waals surface area contributed by atoms with Crippen LogP contribution in [0.4, 0.5) is 5.69 Å². The van der Waals surface area contributed by atoms with Crippen LogP contribution in [0.5, 0.6) is 0 Å². The van der Waals surface area contributed by atoms with Crippen LogP contribution in [0.3, 0.4) is 0 Å². The molecule has 1 unspecified atom stereocenters. The van der Waals surface area contributed by atoms with Crippen LogP contribution in [0.25, 0.3) is 10.9 Å². The van der Waals surface area contributed by atoms with Gasteiger partial charge in [-0.2, -0.15) is 0 Å². The molecule has 0 aliphatic heterocycles. The molecule has 18 heavy (non-hydrogen) atoms. The second-order valence-electron chi connectivity index (χ2n) is 4.15. The van der Waals surface area contributed by atoms with Crippen LogP contribution in [-0.2, 0) is 0 Å². The van der Waals surface area contributed by atoms with Gasteiger partial charge in [-0.25, -0.2) is 0 Å². The van der Waals surface area contributed by atoms with E-state index < -0.39 is 4.92 Å². The van der Waals surface area contributed by atoms with Crippen molar-refractivity contribution in [2.24, 2.45) is 0 Å². The van der Waals surface area contributed by atoms with Crippen molar-refractivity contribution in [3.05, 3.63) is 50.2 Å². The normalized spacial score (nSPS) is 12.5. The second kappa shape index (κ2) is 4.44. The Balaban J connectivity index is 2.48. The summed E-state index contributed by atoms with van der Waals surface area (Å²) in [7, 11) is 0. The van der Waals surface area contributed by atoms with Crippen molar-refractivity contribution in [3.8, 4) is 0 Å². The van der Waals surface area contributed by atoms with E-state index in [-0.39, 0.29) is 23.1 Å². The molecule has 0 aliphatic carbocycles. The largest absolute Gasteiger partial charge is 0.361 e. The Hall–Kier alpha value is -2.44. The lowest BCUT2D eigenvalue weighted by Crippen LogP contribution is -2.08. The summed E-state index contributed by atoms with van der Waals surface area (Å²) in [6.45, 7) is 1.53. The van der Waals surface area contributed by atoms with E-state index in [0.29, 0.717) is 5.39 Å². The monoisotopic (exact) mass is 249 g/mol. The average Bonchev–Trinajstić information content (AvgIpc) is 2.70. The van der Waals surface area contributed by atoms with E-state index in [1.807, 2.05) is 0 Å². The van der Waals surface area contributed by atoms with Gasteiger partial charge in [0, 0.05) is 40.1 Å². The van der Waals surface area contributed by atoms with Gasteiger partial charge in [0.2, 0.25) is 6.54 Å². The number of fused-ring (bicyclic) bond motifs is 1. The summed E-state index contributed by atoms with van der Waals surface area (Å²) < 4.78 is 0. The molecular formula is C11H11N3O4. The zero-order chi connectivity index (χ0) is 13.3. The number of hydrogen-bond acceptors (Lipinski definition) is 4. The maximum atomic E-state index is 10.7. The Morgan fingerprint density at radius 1 is 1.33 bits per heavy atom. The molecule has 1 atom stereocenters. The third-order valence-electron chi connectivity index (χ3n) is 2.86. The number of aromatic amines is 1. The number of benzene rings is 1. The third-order valence-corrected chi connectivity index (χ3v) is 2.86. The average molecular weight is 249 g/mol. The first-order valence-corrected chi connectivity index (χ1v) is 5.36. The van der Waals surface area contributed by atoms with Gasteiger partial charge in [-0.15, -0.1) is 0 Å². The highest BCUT2D eigenvalue weighted by atomic mass is 16.6. The fourth-order valence-corrected chi connectivity index (χ4v) is 1.97. The van der Waals surface area contributed by atoms with Gasteiger partial charge in [0.1, 0.15) is 0 Å². The maximum Gasteiger partial charge on any atom is 0.270 e. The molecule has 2 aromatic rings.